The van der Waals surface area contributed by atoms with E-state index in [4.69, 9.17) is 16.3 Å². The summed E-state index contributed by atoms with van der Waals surface area (Å²) in [6, 6.07) is 8.11. The first-order valence-electron chi connectivity index (χ1n) is 5.74. The molecule has 0 aliphatic rings. The Hall–Kier alpha value is -1.59. The SMILES string of the molecule is COc1ccc(C(=O)Cn2cccc(Br)c2=O)cc1Cl. The molecule has 0 aliphatic carbocycles. The Labute approximate surface area is 129 Å². The van der Waals surface area contributed by atoms with Gasteiger partial charge in [0.05, 0.1) is 23.1 Å². The molecule has 0 spiro atoms. The van der Waals surface area contributed by atoms with Crippen LogP contribution in [0.4, 0.5) is 0 Å². The van der Waals surface area contributed by atoms with Crippen LogP contribution in [0.5, 0.6) is 5.75 Å². The van der Waals surface area contributed by atoms with Gasteiger partial charge in [-0.15, -0.1) is 0 Å². The van der Waals surface area contributed by atoms with Crippen molar-refractivity contribution in [1.29, 1.82) is 0 Å². The van der Waals surface area contributed by atoms with Crippen LogP contribution in [0.25, 0.3) is 0 Å². The highest BCUT2D eigenvalue weighted by atomic mass is 79.9. The molecule has 0 radical (unpaired) electrons. The van der Waals surface area contributed by atoms with E-state index in [2.05, 4.69) is 15.9 Å². The number of benzene rings is 1. The van der Waals surface area contributed by atoms with Crippen LogP contribution in [-0.4, -0.2) is 17.5 Å². The summed E-state index contributed by atoms with van der Waals surface area (Å²) in [6.07, 6.45) is 1.57. The molecule has 0 amide bonds. The van der Waals surface area contributed by atoms with Gasteiger partial charge in [-0.3, -0.25) is 9.59 Å². The van der Waals surface area contributed by atoms with Crippen LogP contribution in [0, 0.1) is 0 Å². The van der Waals surface area contributed by atoms with Crippen LogP contribution < -0.4 is 10.3 Å². The van der Waals surface area contributed by atoms with Crippen molar-refractivity contribution in [2.45, 2.75) is 6.54 Å². The average Bonchev–Trinajstić information content (AvgIpc) is 2.43. The molecule has 0 atom stereocenters. The molecule has 0 fully saturated rings. The van der Waals surface area contributed by atoms with E-state index in [0.29, 0.717) is 20.8 Å². The summed E-state index contributed by atoms with van der Waals surface area (Å²) < 4.78 is 6.78. The molecular weight excluding hydrogens is 346 g/mol. The van der Waals surface area contributed by atoms with Crippen LogP contribution >= 0.6 is 27.5 Å². The van der Waals surface area contributed by atoms with Gasteiger partial charge in [-0.05, 0) is 46.3 Å². The molecule has 20 heavy (non-hydrogen) atoms. The van der Waals surface area contributed by atoms with Gasteiger partial charge in [0, 0.05) is 11.8 Å². The second-order valence-electron chi connectivity index (χ2n) is 4.06. The standard InChI is InChI=1S/C14H11BrClNO3/c1-20-13-5-4-9(7-11(13)16)12(18)8-17-6-2-3-10(15)14(17)19/h2-7H,8H2,1H3. The molecule has 1 aromatic heterocycles. The minimum atomic E-state index is -0.250. The normalized spacial score (nSPS) is 10.3. The van der Waals surface area contributed by atoms with E-state index >= 15 is 0 Å². The summed E-state index contributed by atoms with van der Waals surface area (Å²) in [4.78, 5) is 24.0. The molecule has 4 nitrogen and oxygen atoms in total. The van der Waals surface area contributed by atoms with Crippen LogP contribution in [0.2, 0.25) is 5.02 Å². The van der Waals surface area contributed by atoms with E-state index in [1.165, 1.54) is 17.7 Å². The summed E-state index contributed by atoms with van der Waals surface area (Å²) in [5.74, 6) is 0.303. The smallest absolute Gasteiger partial charge is 0.265 e. The van der Waals surface area contributed by atoms with Crippen molar-refractivity contribution < 1.29 is 9.53 Å². The molecule has 2 aromatic rings. The fraction of sp³-hybridized carbons (Fsp3) is 0.143. The van der Waals surface area contributed by atoms with Gasteiger partial charge in [0.25, 0.3) is 5.56 Å². The summed E-state index contributed by atoms with van der Waals surface area (Å²) in [5.41, 5.74) is 0.183. The number of hydrogen-bond donors (Lipinski definition) is 0. The molecule has 0 saturated heterocycles. The topological polar surface area (TPSA) is 48.3 Å². The quantitative estimate of drug-likeness (QED) is 0.791. The van der Waals surface area contributed by atoms with Gasteiger partial charge < -0.3 is 9.30 Å². The van der Waals surface area contributed by atoms with Gasteiger partial charge in [-0.2, -0.15) is 0 Å². The fourth-order valence-electron chi connectivity index (χ4n) is 1.72. The van der Waals surface area contributed by atoms with Gasteiger partial charge in [-0.1, -0.05) is 11.6 Å². The molecule has 1 heterocycles. The third kappa shape index (κ3) is 3.11. The van der Waals surface area contributed by atoms with Gasteiger partial charge in [0.15, 0.2) is 5.78 Å². The molecule has 2 rings (SSSR count). The number of ketones is 1. The molecule has 0 N–H and O–H groups in total. The van der Waals surface area contributed by atoms with Crippen LogP contribution in [0.3, 0.4) is 0 Å². The number of rotatable bonds is 4. The lowest BCUT2D eigenvalue weighted by Gasteiger charge is -2.07. The number of hydrogen-bond acceptors (Lipinski definition) is 3. The molecular formula is C14H11BrClNO3. The monoisotopic (exact) mass is 355 g/mol. The van der Waals surface area contributed by atoms with Gasteiger partial charge in [0.2, 0.25) is 0 Å². The Morgan fingerprint density at radius 3 is 2.80 bits per heavy atom. The highest BCUT2D eigenvalue weighted by Crippen LogP contribution is 2.25. The van der Waals surface area contributed by atoms with Crippen molar-refractivity contribution >= 4 is 33.3 Å². The Kier molecular flexibility index (Phi) is 4.62. The molecule has 0 aliphatic heterocycles. The third-order valence-electron chi connectivity index (χ3n) is 2.76. The summed E-state index contributed by atoms with van der Waals surface area (Å²) in [6.45, 7) is -0.0407. The lowest BCUT2D eigenvalue weighted by Crippen LogP contribution is -2.24. The zero-order chi connectivity index (χ0) is 14.7. The number of nitrogens with zero attached hydrogens (tertiary/aromatic N) is 1. The second-order valence-corrected chi connectivity index (χ2v) is 5.32. The van der Waals surface area contributed by atoms with E-state index < -0.39 is 0 Å². The first-order chi connectivity index (χ1) is 9.52. The maximum absolute atomic E-state index is 12.2. The highest BCUT2D eigenvalue weighted by Gasteiger charge is 2.11. The lowest BCUT2D eigenvalue weighted by molar-refractivity contribution is 0.0970. The number of Topliss-reactive ketones (excluding diaryl/α,β-unsaturated/α-hetero) is 1. The number of aromatic nitrogens is 1. The van der Waals surface area contributed by atoms with Crippen LogP contribution in [-0.2, 0) is 6.54 Å². The summed E-state index contributed by atoms with van der Waals surface area (Å²) in [7, 11) is 1.50. The van der Waals surface area contributed by atoms with Crippen molar-refractivity contribution in [2.24, 2.45) is 0 Å². The molecule has 0 unspecified atom stereocenters. The molecule has 6 heteroatoms. The average molecular weight is 357 g/mol. The van der Waals surface area contributed by atoms with Crippen molar-refractivity contribution in [2.75, 3.05) is 7.11 Å². The van der Waals surface area contributed by atoms with Crippen LogP contribution in [0.1, 0.15) is 10.4 Å². The zero-order valence-electron chi connectivity index (χ0n) is 10.6. The lowest BCUT2D eigenvalue weighted by atomic mass is 10.1. The number of carbonyl (C=O) groups is 1. The number of pyridine rings is 1. The fourth-order valence-corrected chi connectivity index (χ4v) is 2.36. The Bertz CT molecular complexity index is 712. The first-order valence-corrected chi connectivity index (χ1v) is 6.91. The van der Waals surface area contributed by atoms with E-state index in [9.17, 15) is 9.59 Å². The van der Waals surface area contributed by atoms with Gasteiger partial charge in [0.1, 0.15) is 5.75 Å². The zero-order valence-corrected chi connectivity index (χ0v) is 12.9. The predicted molar refractivity (Wildman–Crippen MR) is 80.7 cm³/mol. The maximum atomic E-state index is 12.2. The van der Waals surface area contributed by atoms with E-state index in [0.717, 1.165) is 0 Å². The van der Waals surface area contributed by atoms with E-state index in [-0.39, 0.29) is 17.9 Å². The van der Waals surface area contributed by atoms with Crippen LogP contribution in [0.15, 0.2) is 45.8 Å². The van der Waals surface area contributed by atoms with Crippen molar-refractivity contribution in [3.8, 4) is 5.75 Å². The van der Waals surface area contributed by atoms with Gasteiger partial charge in [-0.25, -0.2) is 0 Å². The number of carbonyl (C=O) groups excluding carboxylic acids is 1. The Balaban J connectivity index is 2.26. The summed E-state index contributed by atoms with van der Waals surface area (Å²) in [5, 5.41) is 0.361. The van der Waals surface area contributed by atoms with E-state index in [1.807, 2.05) is 0 Å². The largest absolute Gasteiger partial charge is 0.495 e. The predicted octanol–water partition coefficient (Wildman–Crippen LogP) is 3.16. The molecule has 1 aromatic carbocycles. The number of methoxy groups -OCH3 is 1. The minimum Gasteiger partial charge on any atom is -0.495 e. The van der Waals surface area contributed by atoms with Gasteiger partial charge >= 0.3 is 0 Å². The maximum Gasteiger partial charge on any atom is 0.265 e. The molecule has 0 saturated carbocycles. The molecule has 0 bridgehead atoms. The minimum absolute atomic E-state index is 0.0407. The third-order valence-corrected chi connectivity index (χ3v) is 3.66. The Morgan fingerprint density at radius 2 is 2.15 bits per heavy atom. The number of halogens is 2. The van der Waals surface area contributed by atoms with Crippen molar-refractivity contribution in [3.05, 3.63) is 61.9 Å². The highest BCUT2D eigenvalue weighted by molar-refractivity contribution is 9.10. The molecule has 104 valence electrons. The van der Waals surface area contributed by atoms with Crippen molar-refractivity contribution in [3.63, 3.8) is 0 Å². The first kappa shape index (κ1) is 14.8. The van der Waals surface area contributed by atoms with E-state index in [1.54, 1.807) is 30.5 Å². The summed E-state index contributed by atoms with van der Waals surface area (Å²) >= 11 is 9.12. The Morgan fingerprint density at radius 1 is 1.40 bits per heavy atom. The second kappa shape index (κ2) is 6.24. The number of ether oxygens (including phenoxy) is 1. The van der Waals surface area contributed by atoms with Crippen molar-refractivity contribution in [1.82, 2.24) is 4.57 Å².